The van der Waals surface area contributed by atoms with Crippen molar-refractivity contribution in [2.75, 3.05) is 6.54 Å². The van der Waals surface area contributed by atoms with Gasteiger partial charge in [-0.25, -0.2) is 4.79 Å². The summed E-state index contributed by atoms with van der Waals surface area (Å²) < 4.78 is 11.8. The van der Waals surface area contributed by atoms with E-state index in [9.17, 15) is 4.79 Å². The quantitative estimate of drug-likeness (QED) is 0.728. The highest BCUT2D eigenvalue weighted by molar-refractivity contribution is 5.71. The molecule has 1 atom stereocenters. The van der Waals surface area contributed by atoms with Crippen molar-refractivity contribution in [3.63, 3.8) is 0 Å². The molecule has 0 N–H and O–H groups in total. The predicted octanol–water partition coefficient (Wildman–Crippen LogP) is 3.27. The first-order valence-electron chi connectivity index (χ1n) is 7.54. The number of piperidine rings is 1. The summed E-state index contributed by atoms with van der Waals surface area (Å²) in [4.78, 5) is 14.1. The largest absolute Gasteiger partial charge is 0.417 e. The van der Waals surface area contributed by atoms with Crippen molar-refractivity contribution in [1.29, 1.82) is 0 Å². The number of hydrogen-bond acceptors (Lipinski definition) is 3. The number of benzene rings is 1. The van der Waals surface area contributed by atoms with Crippen LogP contribution in [0.1, 0.15) is 43.6 Å². The Labute approximate surface area is 118 Å². The standard InChI is InChI=1S/C16H19NO3/c18-16-17-8-4-3-7-15(17)19-12-9-11(10-12)13-5-1-2-6-14(13)20-16/h1-2,5-6,11-12,15H,3-4,7-10H2. The summed E-state index contributed by atoms with van der Waals surface area (Å²) in [6.07, 6.45) is 5.11. The summed E-state index contributed by atoms with van der Waals surface area (Å²) in [7, 11) is 0. The van der Waals surface area contributed by atoms with E-state index in [0.29, 0.717) is 12.0 Å². The van der Waals surface area contributed by atoms with E-state index in [2.05, 4.69) is 6.07 Å². The van der Waals surface area contributed by atoms with Gasteiger partial charge in [0.15, 0.2) is 0 Å². The molecule has 2 bridgehead atoms. The lowest BCUT2D eigenvalue weighted by Crippen LogP contribution is -2.50. The van der Waals surface area contributed by atoms with Crippen LogP contribution in [0, 0.1) is 0 Å². The molecule has 0 spiro atoms. The fraction of sp³-hybridized carbons (Fsp3) is 0.562. The van der Waals surface area contributed by atoms with Crippen LogP contribution in [0.5, 0.6) is 5.75 Å². The summed E-state index contributed by atoms with van der Waals surface area (Å²) in [6, 6.07) is 7.91. The van der Waals surface area contributed by atoms with Crippen LogP contribution in [-0.4, -0.2) is 29.9 Å². The number of amides is 1. The number of fused-ring (bicyclic) bond motifs is 1. The molecule has 1 amide bonds. The lowest BCUT2D eigenvalue weighted by Gasteiger charge is -2.43. The van der Waals surface area contributed by atoms with E-state index in [-0.39, 0.29) is 12.3 Å². The molecule has 1 saturated carbocycles. The molecular weight excluding hydrogens is 254 g/mol. The van der Waals surface area contributed by atoms with Crippen molar-refractivity contribution in [2.45, 2.75) is 50.4 Å². The molecule has 1 aromatic carbocycles. The monoisotopic (exact) mass is 273 g/mol. The normalized spacial score (nSPS) is 32.5. The van der Waals surface area contributed by atoms with Gasteiger partial charge in [-0.1, -0.05) is 18.2 Å². The van der Waals surface area contributed by atoms with Crippen LogP contribution < -0.4 is 4.74 Å². The summed E-state index contributed by atoms with van der Waals surface area (Å²) in [5, 5.41) is 0. The smallest absolute Gasteiger partial charge is 0.410 e. The fourth-order valence-corrected chi connectivity index (χ4v) is 3.47. The van der Waals surface area contributed by atoms with Crippen LogP contribution in [-0.2, 0) is 4.74 Å². The molecule has 4 aliphatic rings. The van der Waals surface area contributed by atoms with Crippen molar-refractivity contribution < 1.29 is 14.3 Å². The van der Waals surface area contributed by atoms with Crippen LogP contribution in [0.3, 0.4) is 0 Å². The molecule has 106 valence electrons. The minimum atomic E-state index is -0.261. The molecule has 1 saturated heterocycles. The number of ether oxygens (including phenoxy) is 2. The van der Waals surface area contributed by atoms with E-state index in [1.54, 1.807) is 4.90 Å². The van der Waals surface area contributed by atoms with Crippen molar-refractivity contribution in [3.05, 3.63) is 29.8 Å². The van der Waals surface area contributed by atoms with Gasteiger partial charge in [0, 0.05) is 6.54 Å². The molecule has 4 nitrogen and oxygen atoms in total. The highest BCUT2D eigenvalue weighted by Gasteiger charge is 2.39. The molecule has 3 heterocycles. The van der Waals surface area contributed by atoms with Crippen molar-refractivity contribution >= 4 is 6.09 Å². The van der Waals surface area contributed by atoms with Gasteiger partial charge in [0.05, 0.1) is 6.10 Å². The molecule has 4 heteroatoms. The van der Waals surface area contributed by atoms with E-state index in [1.165, 1.54) is 0 Å². The Hall–Kier alpha value is -1.55. The first-order valence-corrected chi connectivity index (χ1v) is 7.54. The maximum Gasteiger partial charge on any atom is 0.417 e. The van der Waals surface area contributed by atoms with Gasteiger partial charge in [0.25, 0.3) is 0 Å². The number of para-hydroxylation sites is 1. The second-order valence-electron chi connectivity index (χ2n) is 5.98. The fourth-order valence-electron chi connectivity index (χ4n) is 3.47. The average molecular weight is 273 g/mol. The van der Waals surface area contributed by atoms with E-state index < -0.39 is 0 Å². The Morgan fingerprint density at radius 2 is 2.00 bits per heavy atom. The predicted molar refractivity (Wildman–Crippen MR) is 73.7 cm³/mol. The summed E-state index contributed by atoms with van der Waals surface area (Å²) >= 11 is 0. The molecular formula is C16H19NO3. The van der Waals surface area contributed by atoms with Crippen molar-refractivity contribution in [3.8, 4) is 5.75 Å². The van der Waals surface area contributed by atoms with Gasteiger partial charge in [-0.2, -0.15) is 0 Å². The second kappa shape index (κ2) is 4.77. The zero-order chi connectivity index (χ0) is 13.5. The van der Waals surface area contributed by atoms with Crippen LogP contribution in [0.25, 0.3) is 0 Å². The highest BCUT2D eigenvalue weighted by Crippen LogP contribution is 2.44. The molecule has 1 aliphatic carbocycles. The van der Waals surface area contributed by atoms with Gasteiger partial charge < -0.3 is 9.47 Å². The van der Waals surface area contributed by atoms with Gasteiger partial charge in [-0.15, -0.1) is 0 Å². The molecule has 5 rings (SSSR count). The number of nitrogens with zero attached hydrogens (tertiary/aromatic N) is 1. The van der Waals surface area contributed by atoms with Crippen LogP contribution in [0.15, 0.2) is 24.3 Å². The molecule has 1 unspecified atom stereocenters. The third kappa shape index (κ3) is 1.99. The molecule has 0 aromatic heterocycles. The maximum atomic E-state index is 12.4. The third-order valence-corrected chi connectivity index (χ3v) is 4.68. The summed E-state index contributed by atoms with van der Waals surface area (Å²) in [5.41, 5.74) is 1.15. The number of rotatable bonds is 0. The molecule has 3 aliphatic heterocycles. The average Bonchev–Trinajstić information content (AvgIpc) is 2.44. The summed E-state index contributed by atoms with van der Waals surface area (Å²) in [6.45, 7) is 0.738. The van der Waals surface area contributed by atoms with E-state index in [4.69, 9.17) is 9.47 Å². The van der Waals surface area contributed by atoms with Crippen LogP contribution in [0.2, 0.25) is 0 Å². The van der Waals surface area contributed by atoms with Gasteiger partial charge >= 0.3 is 6.09 Å². The molecule has 1 aromatic rings. The highest BCUT2D eigenvalue weighted by atomic mass is 16.6. The minimum Gasteiger partial charge on any atom is -0.410 e. The minimum absolute atomic E-state index is 0.0903. The maximum absolute atomic E-state index is 12.4. The first kappa shape index (κ1) is 12.2. The lowest BCUT2D eigenvalue weighted by molar-refractivity contribution is -0.132. The Balaban J connectivity index is 1.68. The SMILES string of the molecule is O=C1Oc2ccccc2C2CC(C2)OC2CCCCN12. The van der Waals surface area contributed by atoms with Gasteiger partial charge in [-0.05, 0) is 49.7 Å². The van der Waals surface area contributed by atoms with Crippen LogP contribution in [0.4, 0.5) is 4.79 Å². The first-order chi connectivity index (χ1) is 9.81. The van der Waals surface area contributed by atoms with Crippen molar-refractivity contribution in [2.24, 2.45) is 0 Å². The molecule has 0 radical (unpaired) electrons. The summed E-state index contributed by atoms with van der Waals surface area (Å²) in [5.74, 6) is 1.20. The number of hydrogen-bond donors (Lipinski definition) is 0. The van der Waals surface area contributed by atoms with Gasteiger partial charge in [0.2, 0.25) is 0 Å². The third-order valence-electron chi connectivity index (χ3n) is 4.68. The Morgan fingerprint density at radius 3 is 2.90 bits per heavy atom. The Kier molecular flexibility index (Phi) is 2.91. The van der Waals surface area contributed by atoms with Crippen molar-refractivity contribution in [1.82, 2.24) is 4.90 Å². The number of carbonyl (C=O) groups excluding carboxylic acids is 1. The second-order valence-corrected chi connectivity index (χ2v) is 5.98. The van der Waals surface area contributed by atoms with E-state index >= 15 is 0 Å². The number of carbonyl (C=O) groups is 1. The van der Waals surface area contributed by atoms with Gasteiger partial charge in [0.1, 0.15) is 12.0 Å². The van der Waals surface area contributed by atoms with Gasteiger partial charge in [-0.3, -0.25) is 4.90 Å². The molecule has 2 fully saturated rings. The zero-order valence-electron chi connectivity index (χ0n) is 11.5. The molecule has 20 heavy (non-hydrogen) atoms. The Morgan fingerprint density at radius 1 is 1.15 bits per heavy atom. The lowest BCUT2D eigenvalue weighted by atomic mass is 9.77. The van der Waals surface area contributed by atoms with E-state index in [1.807, 2.05) is 18.2 Å². The Bertz CT molecular complexity index is 524. The van der Waals surface area contributed by atoms with E-state index in [0.717, 1.165) is 50.0 Å². The topological polar surface area (TPSA) is 38.8 Å². The van der Waals surface area contributed by atoms with Crippen LogP contribution >= 0.6 is 0 Å². The zero-order valence-corrected chi connectivity index (χ0v) is 11.5.